The molecule has 0 bridgehead atoms. The van der Waals surface area contributed by atoms with Gasteiger partial charge in [-0.2, -0.15) is 0 Å². The molecule has 0 spiro atoms. The first-order valence-corrected chi connectivity index (χ1v) is 8.15. The van der Waals surface area contributed by atoms with Crippen LogP contribution < -0.4 is 5.32 Å². The maximum absolute atomic E-state index is 9.73. The molecule has 3 rings (SSSR count). The third-order valence-corrected chi connectivity index (χ3v) is 5.29. The van der Waals surface area contributed by atoms with Crippen LogP contribution in [0.1, 0.15) is 32.3 Å². The standard InChI is InChI=1S/C18H27NO2/c1-18(2)16(15-9-6-10-21-17(15)18)19-14(12-20)11-13-7-4-3-5-8-13/h3-5,7-8,14-17,19-20H,6,9-12H2,1-2H3/t14-,15?,16?,17?/m1/s1. The highest BCUT2D eigenvalue weighted by Gasteiger charge is 2.57. The summed E-state index contributed by atoms with van der Waals surface area (Å²) in [6, 6.07) is 11.0. The monoisotopic (exact) mass is 289 g/mol. The molecule has 0 amide bonds. The van der Waals surface area contributed by atoms with Crippen molar-refractivity contribution >= 4 is 0 Å². The van der Waals surface area contributed by atoms with Gasteiger partial charge >= 0.3 is 0 Å². The fourth-order valence-corrected chi connectivity index (χ4v) is 4.19. The average molecular weight is 289 g/mol. The number of rotatable bonds is 5. The molecule has 2 N–H and O–H groups in total. The van der Waals surface area contributed by atoms with Gasteiger partial charge in [-0.05, 0) is 24.8 Å². The van der Waals surface area contributed by atoms with Crippen LogP contribution in [0.15, 0.2) is 30.3 Å². The van der Waals surface area contributed by atoms with Crippen molar-refractivity contribution in [2.24, 2.45) is 11.3 Å². The summed E-state index contributed by atoms with van der Waals surface area (Å²) in [7, 11) is 0. The molecule has 1 aromatic rings. The first kappa shape index (κ1) is 15.0. The minimum Gasteiger partial charge on any atom is -0.395 e. The Hall–Kier alpha value is -0.900. The maximum Gasteiger partial charge on any atom is 0.0684 e. The van der Waals surface area contributed by atoms with Crippen LogP contribution >= 0.6 is 0 Å². The van der Waals surface area contributed by atoms with Gasteiger partial charge in [0.2, 0.25) is 0 Å². The smallest absolute Gasteiger partial charge is 0.0684 e. The topological polar surface area (TPSA) is 41.5 Å². The van der Waals surface area contributed by atoms with Crippen LogP contribution in [0.3, 0.4) is 0 Å². The van der Waals surface area contributed by atoms with Gasteiger partial charge in [0.05, 0.1) is 12.7 Å². The Balaban J connectivity index is 1.64. The lowest BCUT2D eigenvalue weighted by Gasteiger charge is -2.60. The van der Waals surface area contributed by atoms with Crippen molar-refractivity contribution in [2.75, 3.05) is 13.2 Å². The van der Waals surface area contributed by atoms with Crippen LogP contribution in [0.4, 0.5) is 0 Å². The lowest BCUT2D eigenvalue weighted by Crippen LogP contribution is -2.71. The molecule has 2 aliphatic rings. The number of benzene rings is 1. The van der Waals surface area contributed by atoms with E-state index in [0.29, 0.717) is 18.1 Å². The quantitative estimate of drug-likeness (QED) is 0.874. The predicted molar refractivity (Wildman–Crippen MR) is 84.2 cm³/mol. The number of nitrogens with one attached hydrogen (secondary N) is 1. The van der Waals surface area contributed by atoms with Crippen LogP contribution in [-0.4, -0.2) is 36.5 Å². The maximum atomic E-state index is 9.73. The molecule has 1 aliphatic heterocycles. The molecule has 3 nitrogen and oxygen atoms in total. The molecular weight excluding hydrogens is 262 g/mol. The van der Waals surface area contributed by atoms with E-state index in [1.54, 1.807) is 0 Å². The molecule has 1 heterocycles. The Kier molecular flexibility index (Phi) is 4.34. The molecule has 116 valence electrons. The summed E-state index contributed by atoms with van der Waals surface area (Å²) in [4.78, 5) is 0. The van der Waals surface area contributed by atoms with E-state index in [0.717, 1.165) is 19.4 Å². The number of ether oxygens (including phenoxy) is 1. The minimum absolute atomic E-state index is 0.125. The van der Waals surface area contributed by atoms with Gasteiger partial charge in [0, 0.05) is 30.0 Å². The van der Waals surface area contributed by atoms with Crippen LogP contribution in [0.5, 0.6) is 0 Å². The Labute approximate surface area is 127 Å². The fourth-order valence-electron chi connectivity index (χ4n) is 4.19. The molecule has 0 aromatic heterocycles. The molecule has 1 saturated heterocycles. The Morgan fingerprint density at radius 1 is 1.33 bits per heavy atom. The Morgan fingerprint density at radius 3 is 2.81 bits per heavy atom. The summed E-state index contributed by atoms with van der Waals surface area (Å²) in [5.74, 6) is 0.610. The molecular formula is C18H27NO2. The molecule has 0 radical (unpaired) electrons. The van der Waals surface area contributed by atoms with E-state index in [9.17, 15) is 5.11 Å². The molecule has 1 saturated carbocycles. The fraction of sp³-hybridized carbons (Fsp3) is 0.667. The zero-order chi connectivity index (χ0) is 14.9. The van der Waals surface area contributed by atoms with Gasteiger partial charge in [-0.15, -0.1) is 0 Å². The number of hydrogen-bond acceptors (Lipinski definition) is 3. The van der Waals surface area contributed by atoms with Gasteiger partial charge in [0.15, 0.2) is 0 Å². The van der Waals surface area contributed by atoms with Crippen LogP contribution in [0.25, 0.3) is 0 Å². The van der Waals surface area contributed by atoms with E-state index in [1.165, 1.54) is 12.0 Å². The summed E-state index contributed by atoms with van der Waals surface area (Å²) in [6.07, 6.45) is 3.68. The van der Waals surface area contributed by atoms with Crippen molar-refractivity contribution in [1.82, 2.24) is 5.32 Å². The van der Waals surface area contributed by atoms with E-state index in [-0.39, 0.29) is 18.1 Å². The second-order valence-electron chi connectivity index (χ2n) is 7.13. The van der Waals surface area contributed by atoms with Crippen LogP contribution in [0.2, 0.25) is 0 Å². The molecule has 3 heteroatoms. The molecule has 4 atom stereocenters. The van der Waals surface area contributed by atoms with Crippen molar-refractivity contribution < 1.29 is 9.84 Å². The van der Waals surface area contributed by atoms with Crippen molar-refractivity contribution in [3.63, 3.8) is 0 Å². The summed E-state index contributed by atoms with van der Waals surface area (Å²) >= 11 is 0. The van der Waals surface area contributed by atoms with E-state index >= 15 is 0 Å². The van der Waals surface area contributed by atoms with Gasteiger partial charge in [0.1, 0.15) is 0 Å². The second-order valence-corrected chi connectivity index (χ2v) is 7.13. The lowest BCUT2D eigenvalue weighted by molar-refractivity contribution is -0.195. The van der Waals surface area contributed by atoms with Crippen LogP contribution in [-0.2, 0) is 11.2 Å². The van der Waals surface area contributed by atoms with E-state index in [4.69, 9.17) is 4.74 Å². The number of hydrogen-bond donors (Lipinski definition) is 2. The first-order valence-electron chi connectivity index (χ1n) is 8.15. The van der Waals surface area contributed by atoms with Gasteiger partial charge < -0.3 is 15.2 Å². The van der Waals surface area contributed by atoms with Crippen molar-refractivity contribution in [2.45, 2.75) is 51.3 Å². The average Bonchev–Trinajstić information content (AvgIpc) is 2.52. The molecule has 21 heavy (non-hydrogen) atoms. The lowest BCUT2D eigenvalue weighted by atomic mass is 9.55. The normalized spacial score (nSPS) is 32.0. The minimum atomic E-state index is 0.125. The highest BCUT2D eigenvalue weighted by molar-refractivity contribution is 5.17. The third-order valence-electron chi connectivity index (χ3n) is 5.29. The highest BCUT2D eigenvalue weighted by atomic mass is 16.5. The predicted octanol–water partition coefficient (Wildman–Crippen LogP) is 2.38. The van der Waals surface area contributed by atoms with E-state index in [1.807, 2.05) is 6.07 Å². The summed E-state index contributed by atoms with van der Waals surface area (Å²) < 4.78 is 5.95. The SMILES string of the molecule is CC1(C)C(N[C@@H](CO)Cc2ccccc2)C2CCCOC21. The Morgan fingerprint density at radius 2 is 2.10 bits per heavy atom. The molecule has 1 aliphatic carbocycles. The van der Waals surface area contributed by atoms with Crippen LogP contribution in [0, 0.1) is 11.3 Å². The van der Waals surface area contributed by atoms with Crippen molar-refractivity contribution in [3.8, 4) is 0 Å². The van der Waals surface area contributed by atoms with Gasteiger partial charge in [0.25, 0.3) is 0 Å². The summed E-state index contributed by atoms with van der Waals surface area (Å²) in [5, 5.41) is 13.4. The number of fused-ring (bicyclic) bond motifs is 1. The van der Waals surface area contributed by atoms with E-state index in [2.05, 4.69) is 43.4 Å². The molecule has 1 aromatic carbocycles. The van der Waals surface area contributed by atoms with Crippen molar-refractivity contribution in [3.05, 3.63) is 35.9 Å². The molecule has 3 unspecified atom stereocenters. The van der Waals surface area contributed by atoms with E-state index < -0.39 is 0 Å². The third kappa shape index (κ3) is 2.87. The highest BCUT2D eigenvalue weighted by Crippen LogP contribution is 2.51. The van der Waals surface area contributed by atoms with Gasteiger partial charge in [-0.3, -0.25) is 0 Å². The number of aliphatic hydroxyl groups excluding tert-OH is 1. The summed E-state index contributed by atoms with van der Waals surface area (Å²) in [6.45, 7) is 5.66. The zero-order valence-corrected chi connectivity index (χ0v) is 13.1. The van der Waals surface area contributed by atoms with Gasteiger partial charge in [-0.1, -0.05) is 44.2 Å². The molecule has 2 fully saturated rings. The zero-order valence-electron chi connectivity index (χ0n) is 13.1. The summed E-state index contributed by atoms with van der Waals surface area (Å²) in [5.41, 5.74) is 1.44. The first-order chi connectivity index (χ1) is 10.1. The van der Waals surface area contributed by atoms with Crippen molar-refractivity contribution in [1.29, 1.82) is 0 Å². The number of aliphatic hydroxyl groups is 1. The second kappa shape index (κ2) is 6.07. The largest absolute Gasteiger partial charge is 0.395 e. The Bertz CT molecular complexity index is 460. The van der Waals surface area contributed by atoms with Gasteiger partial charge in [-0.25, -0.2) is 0 Å².